The van der Waals surface area contributed by atoms with Crippen molar-refractivity contribution in [1.82, 2.24) is 0 Å². The zero-order valence-corrected chi connectivity index (χ0v) is 9.52. The standard InChI is InChI=1S/C12H16FNO3/c13-7-3-8-17-12(15)6-9-16-11-5-2-1-4-10(11)14/h1-2,4-5H,3,6-9,14H2. The van der Waals surface area contributed by atoms with Gasteiger partial charge in [0.25, 0.3) is 0 Å². The Kier molecular flexibility index (Phi) is 5.85. The highest BCUT2D eigenvalue weighted by Crippen LogP contribution is 2.19. The molecule has 0 aliphatic rings. The maximum Gasteiger partial charge on any atom is 0.309 e. The van der Waals surface area contributed by atoms with Crippen LogP contribution in [-0.4, -0.2) is 25.9 Å². The van der Waals surface area contributed by atoms with Crippen molar-refractivity contribution < 1.29 is 18.7 Å². The van der Waals surface area contributed by atoms with E-state index in [1.165, 1.54) is 0 Å². The van der Waals surface area contributed by atoms with Crippen LogP contribution in [0.2, 0.25) is 0 Å². The summed E-state index contributed by atoms with van der Waals surface area (Å²) in [5.41, 5.74) is 6.18. The van der Waals surface area contributed by atoms with Gasteiger partial charge in [-0.15, -0.1) is 0 Å². The Morgan fingerprint density at radius 3 is 2.76 bits per heavy atom. The molecule has 1 aromatic rings. The van der Waals surface area contributed by atoms with E-state index in [1.54, 1.807) is 24.3 Å². The van der Waals surface area contributed by atoms with Gasteiger partial charge in [0, 0.05) is 6.42 Å². The van der Waals surface area contributed by atoms with E-state index in [-0.39, 0.29) is 26.1 Å². The molecule has 0 aliphatic carbocycles. The number of hydrogen-bond acceptors (Lipinski definition) is 4. The Morgan fingerprint density at radius 1 is 1.29 bits per heavy atom. The molecular formula is C12H16FNO3. The molecule has 17 heavy (non-hydrogen) atoms. The van der Waals surface area contributed by atoms with Crippen molar-refractivity contribution in [3.63, 3.8) is 0 Å². The lowest BCUT2D eigenvalue weighted by Crippen LogP contribution is -2.11. The number of benzene rings is 1. The van der Waals surface area contributed by atoms with Crippen LogP contribution in [-0.2, 0) is 9.53 Å². The molecule has 2 N–H and O–H groups in total. The van der Waals surface area contributed by atoms with E-state index >= 15 is 0 Å². The second kappa shape index (κ2) is 7.49. The number of esters is 1. The number of halogens is 1. The third kappa shape index (κ3) is 5.19. The summed E-state index contributed by atoms with van der Waals surface area (Å²) in [5, 5.41) is 0. The highest BCUT2D eigenvalue weighted by Gasteiger charge is 2.04. The van der Waals surface area contributed by atoms with Gasteiger partial charge in [-0.2, -0.15) is 0 Å². The van der Waals surface area contributed by atoms with Crippen LogP contribution >= 0.6 is 0 Å². The normalized spacial score (nSPS) is 9.94. The Morgan fingerprint density at radius 2 is 2.06 bits per heavy atom. The molecule has 5 heteroatoms. The molecule has 0 saturated carbocycles. The highest BCUT2D eigenvalue weighted by molar-refractivity contribution is 5.69. The smallest absolute Gasteiger partial charge is 0.309 e. The first-order valence-electron chi connectivity index (χ1n) is 5.43. The molecule has 0 bridgehead atoms. The molecule has 0 amide bonds. The van der Waals surface area contributed by atoms with Crippen molar-refractivity contribution in [2.24, 2.45) is 0 Å². The molecule has 0 radical (unpaired) electrons. The molecule has 0 unspecified atom stereocenters. The Balaban J connectivity index is 2.19. The minimum atomic E-state index is -0.482. The lowest BCUT2D eigenvalue weighted by atomic mass is 10.3. The maximum atomic E-state index is 11.7. The summed E-state index contributed by atoms with van der Waals surface area (Å²) >= 11 is 0. The molecule has 0 spiro atoms. The van der Waals surface area contributed by atoms with Crippen molar-refractivity contribution in [2.75, 3.05) is 25.6 Å². The van der Waals surface area contributed by atoms with Crippen LogP contribution in [0, 0.1) is 0 Å². The molecular weight excluding hydrogens is 225 g/mol. The lowest BCUT2D eigenvalue weighted by Gasteiger charge is -2.08. The average Bonchev–Trinajstić information content (AvgIpc) is 2.32. The number of carbonyl (C=O) groups excluding carboxylic acids is 1. The van der Waals surface area contributed by atoms with Crippen LogP contribution in [0.15, 0.2) is 24.3 Å². The Labute approximate surface area is 99.5 Å². The third-order valence-corrected chi connectivity index (χ3v) is 2.02. The molecule has 0 aliphatic heterocycles. The van der Waals surface area contributed by atoms with Crippen LogP contribution in [0.1, 0.15) is 12.8 Å². The Bertz CT molecular complexity index is 357. The number of para-hydroxylation sites is 2. The first-order chi connectivity index (χ1) is 8.24. The number of ether oxygens (including phenoxy) is 2. The monoisotopic (exact) mass is 241 g/mol. The number of carbonyl (C=O) groups is 1. The van der Waals surface area contributed by atoms with Crippen LogP contribution in [0.25, 0.3) is 0 Å². The molecule has 0 aromatic heterocycles. The van der Waals surface area contributed by atoms with E-state index in [0.29, 0.717) is 11.4 Å². The zero-order valence-electron chi connectivity index (χ0n) is 9.52. The van der Waals surface area contributed by atoms with Gasteiger partial charge >= 0.3 is 5.97 Å². The topological polar surface area (TPSA) is 61.5 Å². The predicted molar refractivity (Wildman–Crippen MR) is 62.5 cm³/mol. The van der Waals surface area contributed by atoms with Gasteiger partial charge < -0.3 is 15.2 Å². The molecule has 4 nitrogen and oxygen atoms in total. The van der Waals surface area contributed by atoms with E-state index in [9.17, 15) is 9.18 Å². The van der Waals surface area contributed by atoms with Gasteiger partial charge in [0.2, 0.25) is 0 Å². The van der Waals surface area contributed by atoms with Crippen LogP contribution in [0.4, 0.5) is 10.1 Å². The molecule has 1 aromatic carbocycles. The van der Waals surface area contributed by atoms with Crippen LogP contribution in [0.3, 0.4) is 0 Å². The summed E-state index contributed by atoms with van der Waals surface area (Å²) in [7, 11) is 0. The molecule has 0 saturated heterocycles. The van der Waals surface area contributed by atoms with E-state index in [0.717, 1.165) is 0 Å². The quantitative estimate of drug-likeness (QED) is 0.450. The van der Waals surface area contributed by atoms with Crippen LogP contribution in [0.5, 0.6) is 5.75 Å². The van der Waals surface area contributed by atoms with E-state index in [2.05, 4.69) is 0 Å². The number of nitrogen functional groups attached to an aromatic ring is 1. The highest BCUT2D eigenvalue weighted by atomic mass is 19.1. The van der Waals surface area contributed by atoms with Gasteiger partial charge in [0.15, 0.2) is 0 Å². The summed E-state index contributed by atoms with van der Waals surface area (Å²) < 4.78 is 21.8. The number of hydrogen-bond donors (Lipinski definition) is 1. The molecule has 0 heterocycles. The molecule has 94 valence electrons. The van der Waals surface area contributed by atoms with Gasteiger partial charge in [0.05, 0.1) is 32.0 Å². The minimum Gasteiger partial charge on any atom is -0.491 e. The molecule has 1 rings (SSSR count). The van der Waals surface area contributed by atoms with E-state index in [4.69, 9.17) is 15.2 Å². The SMILES string of the molecule is Nc1ccccc1OCCC(=O)OCCCF. The fraction of sp³-hybridized carbons (Fsp3) is 0.417. The summed E-state index contributed by atoms with van der Waals surface area (Å²) in [4.78, 5) is 11.1. The molecule has 0 atom stereocenters. The number of alkyl halides is 1. The third-order valence-electron chi connectivity index (χ3n) is 2.02. The van der Waals surface area contributed by atoms with Gasteiger partial charge in [-0.05, 0) is 12.1 Å². The maximum absolute atomic E-state index is 11.7. The Hall–Kier alpha value is -1.78. The van der Waals surface area contributed by atoms with E-state index < -0.39 is 12.6 Å². The fourth-order valence-electron chi connectivity index (χ4n) is 1.17. The largest absolute Gasteiger partial charge is 0.491 e. The first kappa shape index (κ1) is 13.3. The molecule has 0 fully saturated rings. The fourth-order valence-corrected chi connectivity index (χ4v) is 1.17. The van der Waals surface area contributed by atoms with Gasteiger partial charge in [-0.1, -0.05) is 12.1 Å². The predicted octanol–water partition coefficient (Wildman–Crippen LogP) is 1.94. The summed E-state index contributed by atoms with van der Waals surface area (Å²) in [6, 6.07) is 7.04. The van der Waals surface area contributed by atoms with Crippen molar-refractivity contribution >= 4 is 11.7 Å². The van der Waals surface area contributed by atoms with Gasteiger partial charge in [-0.3, -0.25) is 9.18 Å². The van der Waals surface area contributed by atoms with Crippen molar-refractivity contribution in [1.29, 1.82) is 0 Å². The average molecular weight is 241 g/mol. The number of rotatable bonds is 7. The minimum absolute atomic E-state index is 0.114. The zero-order chi connectivity index (χ0) is 12.5. The van der Waals surface area contributed by atoms with Gasteiger partial charge in [0.1, 0.15) is 5.75 Å². The van der Waals surface area contributed by atoms with Crippen LogP contribution < -0.4 is 10.5 Å². The van der Waals surface area contributed by atoms with E-state index in [1.807, 2.05) is 0 Å². The summed E-state index contributed by atoms with van der Waals surface area (Å²) in [6.07, 6.45) is 0.360. The second-order valence-electron chi connectivity index (χ2n) is 3.40. The summed E-state index contributed by atoms with van der Waals surface area (Å²) in [5.74, 6) is 0.150. The van der Waals surface area contributed by atoms with Crippen molar-refractivity contribution in [3.05, 3.63) is 24.3 Å². The second-order valence-corrected chi connectivity index (χ2v) is 3.40. The van der Waals surface area contributed by atoms with Crippen molar-refractivity contribution in [3.8, 4) is 5.75 Å². The number of anilines is 1. The first-order valence-corrected chi connectivity index (χ1v) is 5.43. The summed E-state index contributed by atoms with van der Waals surface area (Å²) in [6.45, 7) is -0.171. The van der Waals surface area contributed by atoms with Gasteiger partial charge in [-0.25, -0.2) is 0 Å². The van der Waals surface area contributed by atoms with Crippen molar-refractivity contribution in [2.45, 2.75) is 12.8 Å². The number of nitrogens with two attached hydrogens (primary N) is 1. The lowest BCUT2D eigenvalue weighted by molar-refractivity contribution is -0.144.